The van der Waals surface area contributed by atoms with Crippen LogP contribution in [0.15, 0.2) is 36.5 Å². The lowest BCUT2D eigenvalue weighted by Gasteiger charge is -2.18. The van der Waals surface area contributed by atoms with E-state index in [0.29, 0.717) is 19.3 Å². The van der Waals surface area contributed by atoms with E-state index in [4.69, 9.17) is 14.2 Å². The first-order chi connectivity index (χ1) is 28.5. The van der Waals surface area contributed by atoms with Gasteiger partial charge in [-0.05, 0) is 89.9 Å². The SMILES string of the molecule is CCCC/C=C\CCCCCCCC(=O)OCC(COC(=O)CCCCCCCCC/C=C\CCCCCC)OC(=O)CCCCC/C=C\CCCCCCCCC. The molecule has 0 heterocycles. The molecule has 6 nitrogen and oxygen atoms in total. The highest BCUT2D eigenvalue weighted by molar-refractivity contribution is 5.71. The molecular formula is C52H94O6. The largest absolute Gasteiger partial charge is 0.462 e. The lowest BCUT2D eigenvalue weighted by molar-refractivity contribution is -0.167. The fourth-order valence-corrected chi connectivity index (χ4v) is 7.00. The van der Waals surface area contributed by atoms with Crippen molar-refractivity contribution in [1.29, 1.82) is 0 Å². The average molecular weight is 815 g/mol. The van der Waals surface area contributed by atoms with E-state index < -0.39 is 6.10 Å². The zero-order valence-electron chi connectivity index (χ0n) is 38.6. The third kappa shape index (κ3) is 44.7. The Labute approximate surface area is 359 Å². The van der Waals surface area contributed by atoms with Gasteiger partial charge in [-0.25, -0.2) is 0 Å². The number of unbranched alkanes of at least 4 members (excludes halogenated alkanes) is 28. The van der Waals surface area contributed by atoms with Crippen LogP contribution >= 0.6 is 0 Å². The Bertz CT molecular complexity index is 984. The Morgan fingerprint density at radius 1 is 0.328 bits per heavy atom. The molecular weight excluding hydrogens is 721 g/mol. The van der Waals surface area contributed by atoms with Crippen molar-refractivity contribution < 1.29 is 28.6 Å². The molecule has 0 rings (SSSR count). The number of carbonyl (C=O) groups is 3. The van der Waals surface area contributed by atoms with Crippen LogP contribution in [0.5, 0.6) is 0 Å². The van der Waals surface area contributed by atoms with E-state index in [1.54, 1.807) is 0 Å². The molecule has 0 fully saturated rings. The quantitative estimate of drug-likeness (QED) is 0.0264. The number of rotatable bonds is 45. The van der Waals surface area contributed by atoms with Crippen LogP contribution in [0.4, 0.5) is 0 Å². The second-order valence-corrected chi connectivity index (χ2v) is 16.7. The molecule has 0 aromatic carbocycles. The Hall–Kier alpha value is -2.37. The number of carbonyl (C=O) groups excluding carboxylic acids is 3. The highest BCUT2D eigenvalue weighted by Crippen LogP contribution is 2.14. The van der Waals surface area contributed by atoms with Gasteiger partial charge in [-0.3, -0.25) is 14.4 Å². The number of esters is 3. The van der Waals surface area contributed by atoms with E-state index in [2.05, 4.69) is 57.2 Å². The predicted molar refractivity (Wildman–Crippen MR) is 247 cm³/mol. The molecule has 0 bridgehead atoms. The minimum atomic E-state index is -0.781. The standard InChI is InChI=1S/C52H94O6/c1-4-7-10-13-16-19-22-24-26-28-30-33-36-39-42-45-51(54)57-48-49(47-56-50(53)44-41-38-35-32-29-21-18-15-12-9-6-3)58-52(55)46-43-40-37-34-31-27-25-23-20-17-14-11-8-5-2/h15,18-19,22,27,31,49H,4-14,16-17,20-21,23-26,28-30,32-48H2,1-3H3/b18-15-,22-19-,31-27-. The molecule has 338 valence electrons. The lowest BCUT2D eigenvalue weighted by Crippen LogP contribution is -2.30. The number of allylic oxidation sites excluding steroid dienone is 6. The number of hydrogen-bond acceptors (Lipinski definition) is 6. The van der Waals surface area contributed by atoms with Crippen molar-refractivity contribution in [2.45, 2.75) is 264 Å². The first kappa shape index (κ1) is 55.6. The van der Waals surface area contributed by atoms with Crippen molar-refractivity contribution in [2.75, 3.05) is 13.2 Å². The van der Waals surface area contributed by atoms with Crippen LogP contribution in [0.1, 0.15) is 258 Å². The summed E-state index contributed by atoms with van der Waals surface area (Å²) in [5.74, 6) is -0.906. The molecule has 1 unspecified atom stereocenters. The molecule has 0 aromatic rings. The highest BCUT2D eigenvalue weighted by atomic mass is 16.6. The highest BCUT2D eigenvalue weighted by Gasteiger charge is 2.19. The topological polar surface area (TPSA) is 78.9 Å². The van der Waals surface area contributed by atoms with Gasteiger partial charge in [0.15, 0.2) is 6.10 Å². The van der Waals surface area contributed by atoms with Crippen molar-refractivity contribution in [2.24, 2.45) is 0 Å². The van der Waals surface area contributed by atoms with Gasteiger partial charge in [-0.2, -0.15) is 0 Å². The summed E-state index contributed by atoms with van der Waals surface area (Å²) in [5.41, 5.74) is 0. The van der Waals surface area contributed by atoms with Gasteiger partial charge in [-0.15, -0.1) is 0 Å². The van der Waals surface area contributed by atoms with Crippen LogP contribution in [0, 0.1) is 0 Å². The molecule has 0 saturated carbocycles. The predicted octanol–water partition coefficient (Wildman–Crippen LogP) is 16.1. The molecule has 6 heteroatoms. The van der Waals surface area contributed by atoms with Gasteiger partial charge < -0.3 is 14.2 Å². The van der Waals surface area contributed by atoms with Gasteiger partial charge >= 0.3 is 17.9 Å². The third-order valence-corrected chi connectivity index (χ3v) is 10.8. The Morgan fingerprint density at radius 3 is 0.948 bits per heavy atom. The Morgan fingerprint density at radius 2 is 0.586 bits per heavy atom. The van der Waals surface area contributed by atoms with Gasteiger partial charge in [0.2, 0.25) is 0 Å². The van der Waals surface area contributed by atoms with Crippen molar-refractivity contribution in [3.63, 3.8) is 0 Å². The van der Waals surface area contributed by atoms with Gasteiger partial charge in [0.25, 0.3) is 0 Å². The van der Waals surface area contributed by atoms with Gasteiger partial charge in [0.05, 0.1) is 0 Å². The van der Waals surface area contributed by atoms with E-state index in [0.717, 1.165) is 77.0 Å². The summed E-state index contributed by atoms with van der Waals surface area (Å²) in [4.78, 5) is 37.8. The first-order valence-electron chi connectivity index (χ1n) is 25.0. The fraction of sp³-hybridized carbons (Fsp3) is 0.827. The molecule has 0 N–H and O–H groups in total. The zero-order valence-corrected chi connectivity index (χ0v) is 38.6. The van der Waals surface area contributed by atoms with Crippen LogP contribution in [0.3, 0.4) is 0 Å². The first-order valence-corrected chi connectivity index (χ1v) is 25.0. The number of hydrogen-bond donors (Lipinski definition) is 0. The maximum Gasteiger partial charge on any atom is 0.306 e. The molecule has 0 amide bonds. The minimum Gasteiger partial charge on any atom is -0.462 e. The zero-order chi connectivity index (χ0) is 42.3. The van der Waals surface area contributed by atoms with E-state index >= 15 is 0 Å². The van der Waals surface area contributed by atoms with E-state index in [1.165, 1.54) is 141 Å². The Balaban J connectivity index is 4.38. The fourth-order valence-electron chi connectivity index (χ4n) is 7.00. The van der Waals surface area contributed by atoms with Crippen LogP contribution in [-0.2, 0) is 28.6 Å². The number of ether oxygens (including phenoxy) is 3. The maximum absolute atomic E-state index is 12.8. The summed E-state index contributed by atoms with van der Waals surface area (Å²) >= 11 is 0. The second-order valence-electron chi connectivity index (χ2n) is 16.7. The van der Waals surface area contributed by atoms with E-state index in [9.17, 15) is 14.4 Å². The normalized spacial score (nSPS) is 12.3. The van der Waals surface area contributed by atoms with Gasteiger partial charge in [0, 0.05) is 19.3 Å². The van der Waals surface area contributed by atoms with Crippen LogP contribution in [0.2, 0.25) is 0 Å². The summed E-state index contributed by atoms with van der Waals surface area (Å²) < 4.78 is 16.7. The summed E-state index contributed by atoms with van der Waals surface area (Å²) in [6.45, 7) is 6.57. The van der Waals surface area contributed by atoms with Crippen LogP contribution < -0.4 is 0 Å². The van der Waals surface area contributed by atoms with Crippen molar-refractivity contribution in [1.82, 2.24) is 0 Å². The third-order valence-electron chi connectivity index (χ3n) is 10.8. The molecule has 1 atom stereocenters. The lowest BCUT2D eigenvalue weighted by atomic mass is 10.1. The monoisotopic (exact) mass is 815 g/mol. The van der Waals surface area contributed by atoms with Crippen molar-refractivity contribution >= 4 is 17.9 Å². The van der Waals surface area contributed by atoms with Crippen molar-refractivity contribution in [3.8, 4) is 0 Å². The molecule has 0 radical (unpaired) electrons. The van der Waals surface area contributed by atoms with E-state index in [1.807, 2.05) is 0 Å². The molecule has 0 saturated heterocycles. The smallest absolute Gasteiger partial charge is 0.306 e. The molecule has 0 aliphatic heterocycles. The van der Waals surface area contributed by atoms with Gasteiger partial charge in [-0.1, -0.05) is 186 Å². The summed E-state index contributed by atoms with van der Waals surface area (Å²) in [5, 5.41) is 0. The molecule has 0 aliphatic carbocycles. The van der Waals surface area contributed by atoms with Crippen molar-refractivity contribution in [3.05, 3.63) is 36.5 Å². The molecule has 0 spiro atoms. The minimum absolute atomic E-state index is 0.0819. The summed E-state index contributed by atoms with van der Waals surface area (Å²) in [6.07, 6.45) is 54.1. The molecule has 58 heavy (non-hydrogen) atoms. The second kappa shape index (κ2) is 47.3. The van der Waals surface area contributed by atoms with E-state index in [-0.39, 0.29) is 31.1 Å². The van der Waals surface area contributed by atoms with Crippen LogP contribution in [-0.4, -0.2) is 37.2 Å². The molecule has 0 aliphatic rings. The maximum atomic E-state index is 12.8. The summed E-state index contributed by atoms with van der Waals surface area (Å²) in [7, 11) is 0. The Kier molecular flexibility index (Phi) is 45.4. The average Bonchev–Trinajstić information content (AvgIpc) is 3.22. The van der Waals surface area contributed by atoms with Crippen LogP contribution in [0.25, 0.3) is 0 Å². The van der Waals surface area contributed by atoms with Gasteiger partial charge in [0.1, 0.15) is 13.2 Å². The molecule has 0 aromatic heterocycles. The summed E-state index contributed by atoms with van der Waals surface area (Å²) in [6, 6.07) is 0.